The quantitative estimate of drug-likeness (QED) is 0.469. The molecule has 0 saturated carbocycles. The lowest BCUT2D eigenvalue weighted by Crippen LogP contribution is -2.53. The van der Waals surface area contributed by atoms with Crippen LogP contribution in [-0.4, -0.2) is 54.7 Å². The molecule has 0 aromatic carbocycles. The van der Waals surface area contributed by atoms with Gasteiger partial charge in [-0.1, -0.05) is 53.4 Å². The first-order valence-electron chi connectivity index (χ1n) is 10.4. The highest BCUT2D eigenvalue weighted by atomic mass is 15.6. The lowest BCUT2D eigenvalue weighted by atomic mass is 10.2. The lowest BCUT2D eigenvalue weighted by molar-refractivity contribution is 0.194. The molecule has 1 atom stereocenters. The van der Waals surface area contributed by atoms with Crippen molar-refractivity contribution >= 4 is 12.3 Å². The Morgan fingerprint density at radius 1 is 0.920 bits per heavy atom. The van der Waals surface area contributed by atoms with Crippen LogP contribution in [0.15, 0.2) is 9.98 Å². The summed E-state index contributed by atoms with van der Waals surface area (Å²) in [5.41, 5.74) is 3.42. The molecule has 1 aliphatic heterocycles. The summed E-state index contributed by atoms with van der Waals surface area (Å²) < 4.78 is 0. The number of nitrogens with zero attached hydrogens (tertiary/aromatic N) is 4. The Morgan fingerprint density at radius 2 is 1.52 bits per heavy atom. The van der Waals surface area contributed by atoms with Crippen molar-refractivity contribution in [2.24, 2.45) is 9.98 Å². The zero-order valence-electron chi connectivity index (χ0n) is 16.9. The Morgan fingerprint density at radius 3 is 2.12 bits per heavy atom. The number of aliphatic imine (C=N–C) groups is 2. The molecule has 25 heavy (non-hydrogen) atoms. The molecule has 1 heterocycles. The van der Waals surface area contributed by atoms with Crippen molar-refractivity contribution in [3.05, 3.63) is 0 Å². The molecule has 146 valence electrons. The van der Waals surface area contributed by atoms with E-state index in [1.807, 2.05) is 11.3 Å². The number of hydrogen-bond donors (Lipinski definition) is 2. The van der Waals surface area contributed by atoms with Gasteiger partial charge >= 0.3 is 0 Å². The minimum absolute atomic E-state index is 0.0912. The van der Waals surface area contributed by atoms with E-state index in [-0.39, 0.29) is 6.29 Å². The molecule has 6 nitrogen and oxygen atoms in total. The van der Waals surface area contributed by atoms with Gasteiger partial charge in [0, 0.05) is 26.2 Å². The van der Waals surface area contributed by atoms with E-state index in [1.165, 1.54) is 38.5 Å². The number of rotatable bonds is 14. The maximum atomic E-state index is 4.92. The van der Waals surface area contributed by atoms with Gasteiger partial charge in [0.05, 0.1) is 0 Å². The monoisotopic (exact) mass is 352 g/mol. The van der Waals surface area contributed by atoms with Crippen LogP contribution in [0.3, 0.4) is 0 Å². The molecular weight excluding hydrogens is 312 g/mol. The maximum Gasteiger partial charge on any atom is 0.217 e. The van der Waals surface area contributed by atoms with Crippen LogP contribution in [0.25, 0.3) is 0 Å². The van der Waals surface area contributed by atoms with Gasteiger partial charge in [0.25, 0.3) is 0 Å². The summed E-state index contributed by atoms with van der Waals surface area (Å²) in [5, 5.41) is 5.45. The maximum absolute atomic E-state index is 4.92. The summed E-state index contributed by atoms with van der Waals surface area (Å²) in [6.45, 7) is 12.9. The first kappa shape index (κ1) is 21.9. The fourth-order valence-electron chi connectivity index (χ4n) is 2.63. The van der Waals surface area contributed by atoms with Crippen LogP contribution < -0.4 is 10.7 Å². The van der Waals surface area contributed by atoms with Crippen molar-refractivity contribution < 1.29 is 0 Å². The molecule has 6 heteroatoms. The summed E-state index contributed by atoms with van der Waals surface area (Å²) in [7, 11) is 0. The van der Waals surface area contributed by atoms with Crippen LogP contribution in [0.2, 0.25) is 0 Å². The van der Waals surface area contributed by atoms with Crippen molar-refractivity contribution in [2.75, 3.05) is 26.2 Å². The predicted octanol–water partition coefficient (Wildman–Crippen LogP) is 3.57. The molecule has 0 aromatic heterocycles. The number of hydrazine groups is 1. The van der Waals surface area contributed by atoms with E-state index in [0.29, 0.717) is 0 Å². The largest absolute Gasteiger partial charge is 0.355 e. The van der Waals surface area contributed by atoms with E-state index in [0.717, 1.165) is 45.0 Å². The molecule has 0 aliphatic carbocycles. The highest BCUT2D eigenvalue weighted by Gasteiger charge is 2.22. The Kier molecular flexibility index (Phi) is 12.3. The summed E-state index contributed by atoms with van der Waals surface area (Å²) in [5.74, 6) is 0.905. The van der Waals surface area contributed by atoms with Crippen LogP contribution in [0, 0.1) is 0 Å². The molecule has 1 aliphatic rings. The Bertz CT molecular complexity index is 374. The molecule has 1 rings (SSSR count). The summed E-state index contributed by atoms with van der Waals surface area (Å²) in [6.07, 6.45) is 11.3. The van der Waals surface area contributed by atoms with Crippen LogP contribution in [0.1, 0.15) is 79.1 Å². The Hall–Kier alpha value is -1.14. The van der Waals surface area contributed by atoms with Gasteiger partial charge in [0.1, 0.15) is 6.34 Å². The molecule has 0 amide bonds. The standard InChI is InChI=1S/C19H40N6/c1-5-9-13-20-19-23-18(21-17-25(19)22-14-10-6-2)24(15-11-7-3)16-12-8-4/h17-18,22H,5-16H2,1-4H3,(H,20,23). The fraction of sp³-hybridized carbons (Fsp3) is 0.895. The van der Waals surface area contributed by atoms with Crippen molar-refractivity contribution in [1.29, 1.82) is 0 Å². The first-order chi connectivity index (χ1) is 12.3. The molecule has 0 radical (unpaired) electrons. The molecular formula is C19H40N6. The average Bonchev–Trinajstić information content (AvgIpc) is 2.63. The van der Waals surface area contributed by atoms with Crippen molar-refractivity contribution in [3.8, 4) is 0 Å². The Balaban J connectivity index is 2.74. The van der Waals surface area contributed by atoms with E-state index in [9.17, 15) is 0 Å². The highest BCUT2D eigenvalue weighted by molar-refractivity contribution is 5.91. The summed E-state index contributed by atoms with van der Waals surface area (Å²) in [6, 6.07) is 0. The minimum Gasteiger partial charge on any atom is -0.355 e. The second-order valence-electron chi connectivity index (χ2n) is 6.72. The predicted molar refractivity (Wildman–Crippen MR) is 109 cm³/mol. The van der Waals surface area contributed by atoms with Gasteiger partial charge in [0.15, 0.2) is 0 Å². The normalized spacial score (nSPS) is 17.2. The van der Waals surface area contributed by atoms with E-state index in [4.69, 9.17) is 9.98 Å². The van der Waals surface area contributed by atoms with Gasteiger partial charge in [-0.2, -0.15) is 0 Å². The van der Waals surface area contributed by atoms with Crippen LogP contribution in [0.5, 0.6) is 0 Å². The van der Waals surface area contributed by atoms with Crippen LogP contribution in [0.4, 0.5) is 0 Å². The number of unbranched alkanes of at least 4 members (excludes halogenated alkanes) is 4. The molecule has 0 spiro atoms. The van der Waals surface area contributed by atoms with Gasteiger partial charge in [-0.3, -0.25) is 4.90 Å². The van der Waals surface area contributed by atoms with E-state index in [1.54, 1.807) is 0 Å². The molecule has 0 bridgehead atoms. The Labute approximate surface area is 155 Å². The topological polar surface area (TPSA) is 55.3 Å². The fourth-order valence-corrected chi connectivity index (χ4v) is 2.63. The van der Waals surface area contributed by atoms with Crippen molar-refractivity contribution in [1.82, 2.24) is 20.7 Å². The summed E-state index contributed by atoms with van der Waals surface area (Å²) >= 11 is 0. The highest BCUT2D eigenvalue weighted by Crippen LogP contribution is 2.11. The van der Waals surface area contributed by atoms with E-state index >= 15 is 0 Å². The van der Waals surface area contributed by atoms with E-state index < -0.39 is 0 Å². The third-order valence-corrected chi connectivity index (χ3v) is 4.33. The second kappa shape index (κ2) is 14.1. The molecule has 2 N–H and O–H groups in total. The van der Waals surface area contributed by atoms with E-state index in [2.05, 4.69) is 43.3 Å². The number of nitrogens with one attached hydrogen (secondary N) is 2. The number of hydrogen-bond acceptors (Lipinski definition) is 6. The number of guanidine groups is 1. The zero-order valence-corrected chi connectivity index (χ0v) is 16.9. The van der Waals surface area contributed by atoms with Crippen LogP contribution >= 0.6 is 0 Å². The third kappa shape index (κ3) is 8.68. The average molecular weight is 353 g/mol. The van der Waals surface area contributed by atoms with Crippen LogP contribution in [-0.2, 0) is 0 Å². The molecule has 0 saturated heterocycles. The van der Waals surface area contributed by atoms with Gasteiger partial charge in [-0.15, -0.1) is 0 Å². The first-order valence-corrected chi connectivity index (χ1v) is 10.4. The SMILES string of the molecule is CCCCNC1=NC(N(CCCC)CCCC)N=CN1NCCCC. The van der Waals surface area contributed by atoms with Gasteiger partial charge in [0.2, 0.25) is 12.2 Å². The zero-order chi connectivity index (χ0) is 18.3. The second-order valence-corrected chi connectivity index (χ2v) is 6.72. The lowest BCUT2D eigenvalue weighted by Gasteiger charge is -2.32. The van der Waals surface area contributed by atoms with Crippen molar-refractivity contribution in [2.45, 2.75) is 85.4 Å². The smallest absolute Gasteiger partial charge is 0.217 e. The van der Waals surface area contributed by atoms with Gasteiger partial charge < -0.3 is 5.32 Å². The van der Waals surface area contributed by atoms with Gasteiger partial charge in [-0.05, 0) is 25.7 Å². The third-order valence-electron chi connectivity index (χ3n) is 4.33. The molecule has 0 aromatic rings. The van der Waals surface area contributed by atoms with Gasteiger partial charge in [-0.25, -0.2) is 20.4 Å². The summed E-state index contributed by atoms with van der Waals surface area (Å²) in [4.78, 5) is 12.0. The molecule has 0 fully saturated rings. The molecule has 1 unspecified atom stereocenters. The van der Waals surface area contributed by atoms with Crippen molar-refractivity contribution in [3.63, 3.8) is 0 Å². The minimum atomic E-state index is -0.0912.